The van der Waals surface area contributed by atoms with Crippen molar-refractivity contribution >= 4 is 15.8 Å². The number of ether oxygens (including phenoxy) is 1. The van der Waals surface area contributed by atoms with Gasteiger partial charge in [-0.3, -0.25) is 4.90 Å². The van der Waals surface area contributed by atoms with E-state index in [1.807, 2.05) is 0 Å². The van der Waals surface area contributed by atoms with Crippen LogP contribution in [0.15, 0.2) is 24.3 Å². The highest BCUT2D eigenvalue weighted by Gasteiger charge is 2.18. The molecule has 1 saturated heterocycles. The van der Waals surface area contributed by atoms with Gasteiger partial charge in [-0.1, -0.05) is 6.07 Å². The van der Waals surface area contributed by atoms with Gasteiger partial charge in [-0.25, -0.2) is 13.2 Å². The van der Waals surface area contributed by atoms with E-state index in [4.69, 9.17) is 9.84 Å². The van der Waals surface area contributed by atoms with Crippen molar-refractivity contribution < 1.29 is 23.1 Å². The smallest absolute Gasteiger partial charge is 0.335 e. The number of hydrogen-bond acceptors (Lipinski definition) is 5. The van der Waals surface area contributed by atoms with Gasteiger partial charge < -0.3 is 9.84 Å². The van der Waals surface area contributed by atoms with Gasteiger partial charge in [-0.2, -0.15) is 0 Å². The van der Waals surface area contributed by atoms with Crippen molar-refractivity contribution in [3.05, 3.63) is 29.8 Å². The Balaban J connectivity index is 1.81. The van der Waals surface area contributed by atoms with E-state index in [0.29, 0.717) is 31.9 Å². The van der Waals surface area contributed by atoms with Crippen LogP contribution in [0.1, 0.15) is 16.8 Å². The highest BCUT2D eigenvalue weighted by Crippen LogP contribution is 2.13. The van der Waals surface area contributed by atoms with E-state index >= 15 is 0 Å². The van der Waals surface area contributed by atoms with E-state index in [-0.39, 0.29) is 17.1 Å². The molecule has 2 rings (SSSR count). The van der Waals surface area contributed by atoms with E-state index in [0.717, 1.165) is 6.54 Å². The van der Waals surface area contributed by atoms with Crippen molar-refractivity contribution in [1.29, 1.82) is 0 Å². The number of sulfone groups is 1. The molecule has 0 amide bonds. The normalized spacial score (nSPS) is 18.9. The predicted octanol–water partition coefficient (Wildman–Crippen LogP) is 0.884. The first-order chi connectivity index (χ1) is 9.96. The third-order valence-electron chi connectivity index (χ3n) is 3.41. The minimum atomic E-state index is -2.89. The Morgan fingerprint density at radius 2 is 2.10 bits per heavy atom. The second-order valence-corrected chi connectivity index (χ2v) is 7.33. The molecule has 0 spiro atoms. The molecule has 0 aromatic heterocycles. The third kappa shape index (κ3) is 5.02. The molecule has 1 aromatic carbocycles. The number of carbonyl (C=O) groups is 1. The first kappa shape index (κ1) is 15.8. The SMILES string of the molecule is O=C(O)c1cccc(OCCN2CCCS(=O)(=O)CC2)c1. The fraction of sp³-hybridized carbons (Fsp3) is 0.500. The van der Waals surface area contributed by atoms with Crippen LogP contribution in [0.5, 0.6) is 5.75 Å². The molecule has 1 aromatic rings. The number of rotatable bonds is 5. The van der Waals surface area contributed by atoms with Gasteiger partial charge in [0, 0.05) is 13.1 Å². The number of aromatic carboxylic acids is 1. The van der Waals surface area contributed by atoms with Crippen LogP contribution in [0.4, 0.5) is 0 Å². The quantitative estimate of drug-likeness (QED) is 0.869. The summed E-state index contributed by atoms with van der Waals surface area (Å²) in [6, 6.07) is 6.33. The number of benzene rings is 1. The summed E-state index contributed by atoms with van der Waals surface area (Å²) in [5, 5.41) is 8.90. The third-order valence-corrected chi connectivity index (χ3v) is 5.12. The molecular weight excluding hydrogens is 294 g/mol. The lowest BCUT2D eigenvalue weighted by Crippen LogP contribution is -2.31. The van der Waals surface area contributed by atoms with E-state index in [1.54, 1.807) is 12.1 Å². The van der Waals surface area contributed by atoms with Gasteiger partial charge in [-0.15, -0.1) is 0 Å². The second-order valence-electron chi connectivity index (χ2n) is 5.03. The monoisotopic (exact) mass is 313 g/mol. The Bertz CT molecular complexity index is 599. The molecule has 0 radical (unpaired) electrons. The van der Waals surface area contributed by atoms with Crippen molar-refractivity contribution in [2.24, 2.45) is 0 Å². The van der Waals surface area contributed by atoms with Gasteiger partial charge in [0.15, 0.2) is 9.84 Å². The summed E-state index contributed by atoms with van der Waals surface area (Å²) in [6.07, 6.45) is 0.650. The van der Waals surface area contributed by atoms with Crippen LogP contribution in [-0.2, 0) is 9.84 Å². The average molecular weight is 313 g/mol. The highest BCUT2D eigenvalue weighted by atomic mass is 32.2. The maximum absolute atomic E-state index is 11.5. The number of hydrogen-bond donors (Lipinski definition) is 1. The molecule has 1 aliphatic heterocycles. The van der Waals surface area contributed by atoms with Crippen LogP contribution in [0.2, 0.25) is 0 Å². The van der Waals surface area contributed by atoms with E-state index < -0.39 is 15.8 Å². The standard InChI is InChI=1S/C14H19NO5S/c16-14(17)12-3-1-4-13(11-12)20-8-6-15-5-2-9-21(18,19)10-7-15/h1,3-4,11H,2,5-10H2,(H,16,17). The highest BCUT2D eigenvalue weighted by molar-refractivity contribution is 7.91. The summed E-state index contributed by atoms with van der Waals surface area (Å²) < 4.78 is 28.5. The van der Waals surface area contributed by atoms with Gasteiger partial charge in [0.2, 0.25) is 0 Å². The van der Waals surface area contributed by atoms with E-state index in [2.05, 4.69) is 4.90 Å². The molecule has 7 heteroatoms. The molecule has 21 heavy (non-hydrogen) atoms. The lowest BCUT2D eigenvalue weighted by molar-refractivity contribution is 0.0696. The summed E-state index contributed by atoms with van der Waals surface area (Å²) >= 11 is 0. The predicted molar refractivity (Wildman–Crippen MR) is 78.6 cm³/mol. The fourth-order valence-corrected chi connectivity index (χ4v) is 3.53. The number of carboxylic acids is 1. The lowest BCUT2D eigenvalue weighted by atomic mass is 10.2. The molecule has 0 aliphatic carbocycles. The zero-order valence-corrected chi connectivity index (χ0v) is 12.5. The van der Waals surface area contributed by atoms with Crippen molar-refractivity contribution in [3.8, 4) is 5.75 Å². The minimum Gasteiger partial charge on any atom is -0.492 e. The molecule has 0 unspecified atom stereocenters. The fourth-order valence-electron chi connectivity index (χ4n) is 2.23. The van der Waals surface area contributed by atoms with Crippen LogP contribution in [0.25, 0.3) is 0 Å². The van der Waals surface area contributed by atoms with Gasteiger partial charge in [0.05, 0.1) is 17.1 Å². The molecule has 1 fully saturated rings. The van der Waals surface area contributed by atoms with Crippen molar-refractivity contribution in [2.45, 2.75) is 6.42 Å². The second kappa shape index (κ2) is 6.91. The summed E-state index contributed by atoms with van der Waals surface area (Å²) in [5.74, 6) is -0.0255. The largest absolute Gasteiger partial charge is 0.492 e. The minimum absolute atomic E-state index is 0.188. The molecular formula is C14H19NO5S. The topological polar surface area (TPSA) is 83.9 Å². The van der Waals surface area contributed by atoms with Crippen LogP contribution in [0.3, 0.4) is 0 Å². The van der Waals surface area contributed by atoms with Gasteiger partial charge >= 0.3 is 5.97 Å². The Kier molecular flexibility index (Phi) is 5.19. The molecule has 1 heterocycles. The van der Waals surface area contributed by atoms with Gasteiger partial charge in [-0.05, 0) is 31.2 Å². The van der Waals surface area contributed by atoms with Crippen LogP contribution >= 0.6 is 0 Å². The van der Waals surface area contributed by atoms with Gasteiger partial charge in [0.25, 0.3) is 0 Å². The molecule has 1 aliphatic rings. The average Bonchev–Trinajstić information content (AvgIpc) is 2.60. The van der Waals surface area contributed by atoms with Crippen LogP contribution in [0, 0.1) is 0 Å². The molecule has 116 valence electrons. The van der Waals surface area contributed by atoms with Crippen molar-refractivity contribution in [1.82, 2.24) is 4.90 Å². The van der Waals surface area contributed by atoms with E-state index in [1.165, 1.54) is 12.1 Å². The molecule has 0 saturated carbocycles. The maximum Gasteiger partial charge on any atom is 0.335 e. The Labute approximate surface area is 124 Å². The van der Waals surface area contributed by atoms with Gasteiger partial charge in [0.1, 0.15) is 12.4 Å². The Morgan fingerprint density at radius 1 is 1.29 bits per heavy atom. The lowest BCUT2D eigenvalue weighted by Gasteiger charge is -2.19. The summed E-state index contributed by atoms with van der Waals surface area (Å²) in [6.45, 7) is 2.31. The van der Waals surface area contributed by atoms with Crippen molar-refractivity contribution in [2.75, 3.05) is 37.7 Å². The number of carboxylic acid groups (broad SMARTS) is 1. The number of nitrogens with zero attached hydrogens (tertiary/aromatic N) is 1. The van der Waals surface area contributed by atoms with Crippen molar-refractivity contribution in [3.63, 3.8) is 0 Å². The molecule has 0 atom stereocenters. The molecule has 1 N–H and O–H groups in total. The molecule has 0 bridgehead atoms. The zero-order valence-electron chi connectivity index (χ0n) is 11.7. The van der Waals surface area contributed by atoms with Crippen LogP contribution in [-0.4, -0.2) is 62.1 Å². The summed E-state index contributed by atoms with van der Waals surface area (Å²) in [4.78, 5) is 12.9. The van der Waals surface area contributed by atoms with Crippen LogP contribution < -0.4 is 4.74 Å². The Hall–Kier alpha value is -1.60. The summed E-state index contributed by atoms with van der Waals surface area (Å²) in [7, 11) is -2.89. The zero-order chi connectivity index (χ0) is 15.3. The first-order valence-corrected chi connectivity index (χ1v) is 8.67. The maximum atomic E-state index is 11.5. The first-order valence-electron chi connectivity index (χ1n) is 6.85. The Morgan fingerprint density at radius 3 is 2.86 bits per heavy atom. The molecule has 6 nitrogen and oxygen atoms in total. The summed E-state index contributed by atoms with van der Waals surface area (Å²) in [5.41, 5.74) is 0.188. The van der Waals surface area contributed by atoms with E-state index in [9.17, 15) is 13.2 Å².